The van der Waals surface area contributed by atoms with E-state index in [0.29, 0.717) is 11.7 Å². The van der Waals surface area contributed by atoms with Gasteiger partial charge in [-0.1, -0.05) is 32.1 Å². The number of ether oxygens (including phenoxy) is 2. The number of aromatic hydroxyl groups is 1. The van der Waals surface area contributed by atoms with Gasteiger partial charge in [0.2, 0.25) is 0 Å². The average Bonchev–Trinajstić information content (AvgIpc) is 3.40. The number of phenols is 1. The summed E-state index contributed by atoms with van der Waals surface area (Å²) in [5, 5.41) is 9.46. The molecule has 1 aromatic rings. The Morgan fingerprint density at radius 2 is 1.91 bits per heavy atom. The van der Waals surface area contributed by atoms with Crippen LogP contribution < -0.4 is 0 Å². The van der Waals surface area contributed by atoms with Gasteiger partial charge in [0.15, 0.2) is 0 Å². The summed E-state index contributed by atoms with van der Waals surface area (Å²) in [5.74, 6) is 1.90. The van der Waals surface area contributed by atoms with Crippen molar-refractivity contribution >= 4 is 0 Å². The van der Waals surface area contributed by atoms with Gasteiger partial charge in [-0.15, -0.1) is 0 Å². The molecule has 2 unspecified atom stereocenters. The van der Waals surface area contributed by atoms with Gasteiger partial charge in [0, 0.05) is 5.41 Å². The third kappa shape index (κ3) is 3.16. The first-order chi connectivity index (χ1) is 11.0. The monoisotopic (exact) mass is 314 g/mol. The summed E-state index contributed by atoms with van der Waals surface area (Å²) < 4.78 is 10.1. The zero-order valence-electron chi connectivity index (χ0n) is 14.2. The topological polar surface area (TPSA) is 42.0 Å². The fraction of sp³-hybridized carbons (Fsp3) is 0.500. The molecule has 23 heavy (non-hydrogen) atoms. The molecule has 124 valence electrons. The van der Waals surface area contributed by atoms with Crippen molar-refractivity contribution in [2.24, 2.45) is 11.3 Å². The molecule has 2 atom stereocenters. The predicted molar refractivity (Wildman–Crippen MR) is 91.3 cm³/mol. The van der Waals surface area contributed by atoms with Gasteiger partial charge in [-0.05, 0) is 54.5 Å². The lowest BCUT2D eigenvalue weighted by Gasteiger charge is -2.35. The van der Waals surface area contributed by atoms with Crippen molar-refractivity contribution in [1.29, 1.82) is 0 Å². The van der Waals surface area contributed by atoms with Crippen LogP contribution in [-0.2, 0) is 14.9 Å². The van der Waals surface area contributed by atoms with Crippen LogP contribution in [0, 0.1) is 11.3 Å². The van der Waals surface area contributed by atoms with Gasteiger partial charge in [0.05, 0.1) is 19.8 Å². The maximum Gasteiger partial charge on any atom is 0.115 e. The van der Waals surface area contributed by atoms with Crippen LogP contribution in [0.3, 0.4) is 0 Å². The SMILES string of the molecule is C1CO1.CCOC1=CC2CC2(C(C)(C)c2ccc(O)cc2)C=C1. The Morgan fingerprint density at radius 3 is 2.43 bits per heavy atom. The number of epoxide rings is 1. The molecule has 0 amide bonds. The van der Waals surface area contributed by atoms with Gasteiger partial charge >= 0.3 is 0 Å². The second kappa shape index (κ2) is 6.04. The van der Waals surface area contributed by atoms with Crippen LogP contribution in [0.2, 0.25) is 0 Å². The molecule has 0 bridgehead atoms. The number of benzene rings is 1. The molecule has 1 aromatic carbocycles. The van der Waals surface area contributed by atoms with E-state index in [1.54, 1.807) is 12.1 Å². The fourth-order valence-corrected chi connectivity index (χ4v) is 3.53. The maximum absolute atomic E-state index is 9.46. The number of hydrogen-bond donors (Lipinski definition) is 1. The lowest BCUT2D eigenvalue weighted by Crippen LogP contribution is -2.31. The van der Waals surface area contributed by atoms with Gasteiger partial charge in [0.1, 0.15) is 11.5 Å². The molecule has 1 aliphatic heterocycles. The molecule has 2 fully saturated rings. The van der Waals surface area contributed by atoms with Gasteiger partial charge in [-0.2, -0.15) is 0 Å². The van der Waals surface area contributed by atoms with Crippen molar-refractivity contribution in [3.8, 4) is 5.75 Å². The van der Waals surface area contributed by atoms with E-state index in [-0.39, 0.29) is 10.8 Å². The van der Waals surface area contributed by atoms with Crippen LogP contribution >= 0.6 is 0 Å². The number of allylic oxidation sites excluding steroid dienone is 3. The van der Waals surface area contributed by atoms with Crippen LogP contribution in [-0.4, -0.2) is 24.9 Å². The van der Waals surface area contributed by atoms with Crippen LogP contribution in [0.5, 0.6) is 5.75 Å². The van der Waals surface area contributed by atoms with E-state index in [2.05, 4.69) is 36.8 Å². The lowest BCUT2D eigenvalue weighted by molar-refractivity contribution is 0.235. The van der Waals surface area contributed by atoms with Crippen molar-refractivity contribution in [2.45, 2.75) is 32.6 Å². The first kappa shape index (κ1) is 16.1. The standard InChI is InChI=1S/C18H22O2.C2H4O/c1-4-20-16-9-10-18(12-14(18)11-16)17(2,3)13-5-7-15(19)8-6-13;1-2-3-1/h5-11,14,19H,4,12H2,1-3H3;1-2H2. The van der Waals surface area contributed by atoms with Gasteiger partial charge in [-0.3, -0.25) is 0 Å². The predicted octanol–water partition coefficient (Wildman–Crippen LogP) is 4.18. The Labute approximate surface area is 138 Å². The molecule has 4 rings (SSSR count). The minimum absolute atomic E-state index is 0.0517. The summed E-state index contributed by atoms with van der Waals surface area (Å²) >= 11 is 0. The van der Waals surface area contributed by atoms with E-state index in [4.69, 9.17) is 4.74 Å². The van der Waals surface area contributed by atoms with E-state index in [1.807, 2.05) is 19.1 Å². The Morgan fingerprint density at radius 1 is 1.26 bits per heavy atom. The Hall–Kier alpha value is -1.74. The second-order valence-corrected chi connectivity index (χ2v) is 6.97. The second-order valence-electron chi connectivity index (χ2n) is 6.97. The minimum Gasteiger partial charge on any atom is -0.508 e. The van der Waals surface area contributed by atoms with E-state index in [1.165, 1.54) is 12.0 Å². The summed E-state index contributed by atoms with van der Waals surface area (Å²) in [6.07, 6.45) is 7.89. The fourth-order valence-electron chi connectivity index (χ4n) is 3.53. The highest BCUT2D eigenvalue weighted by Gasteiger charge is 2.61. The Balaban J connectivity index is 0.000000468. The summed E-state index contributed by atoms with van der Waals surface area (Å²) in [4.78, 5) is 0. The summed E-state index contributed by atoms with van der Waals surface area (Å²) in [5.41, 5.74) is 1.52. The molecule has 2 aliphatic carbocycles. The third-order valence-electron chi connectivity index (χ3n) is 5.24. The largest absolute Gasteiger partial charge is 0.508 e. The summed E-state index contributed by atoms with van der Waals surface area (Å²) in [7, 11) is 0. The summed E-state index contributed by atoms with van der Waals surface area (Å²) in [6.45, 7) is 9.33. The van der Waals surface area contributed by atoms with Crippen molar-refractivity contribution in [2.75, 3.05) is 19.8 Å². The zero-order valence-corrected chi connectivity index (χ0v) is 14.2. The lowest BCUT2D eigenvalue weighted by atomic mass is 9.68. The Bertz CT molecular complexity index is 608. The molecule has 1 heterocycles. The maximum atomic E-state index is 9.46. The molecule has 0 aromatic heterocycles. The highest BCUT2D eigenvalue weighted by Crippen LogP contribution is 2.67. The Kier molecular flexibility index (Phi) is 4.24. The van der Waals surface area contributed by atoms with Crippen molar-refractivity contribution in [3.63, 3.8) is 0 Å². The van der Waals surface area contributed by atoms with E-state index < -0.39 is 0 Å². The molecular formula is C20H26O3. The van der Waals surface area contributed by atoms with Crippen molar-refractivity contribution in [3.05, 3.63) is 53.8 Å². The number of hydrogen-bond acceptors (Lipinski definition) is 3. The van der Waals surface area contributed by atoms with Gasteiger partial charge in [-0.25, -0.2) is 0 Å². The molecule has 3 heteroatoms. The van der Waals surface area contributed by atoms with Crippen molar-refractivity contribution in [1.82, 2.24) is 0 Å². The molecule has 1 N–H and O–H groups in total. The first-order valence-electron chi connectivity index (χ1n) is 8.41. The van der Waals surface area contributed by atoms with E-state index in [9.17, 15) is 5.11 Å². The number of phenolic OH excluding ortho intramolecular Hbond substituents is 1. The van der Waals surface area contributed by atoms with E-state index in [0.717, 1.165) is 25.6 Å². The highest BCUT2D eigenvalue weighted by molar-refractivity contribution is 5.43. The normalized spacial score (nSPS) is 27.3. The van der Waals surface area contributed by atoms with Gasteiger partial charge < -0.3 is 14.6 Å². The molecule has 0 spiro atoms. The van der Waals surface area contributed by atoms with Crippen LogP contribution in [0.25, 0.3) is 0 Å². The molecule has 0 radical (unpaired) electrons. The molecule has 1 saturated heterocycles. The molecule has 3 nitrogen and oxygen atoms in total. The number of rotatable bonds is 4. The third-order valence-corrected chi connectivity index (χ3v) is 5.24. The smallest absolute Gasteiger partial charge is 0.115 e. The van der Waals surface area contributed by atoms with Crippen LogP contribution in [0.1, 0.15) is 32.8 Å². The molecule has 3 aliphatic rings. The van der Waals surface area contributed by atoms with Crippen LogP contribution in [0.15, 0.2) is 48.3 Å². The zero-order chi connectivity index (χ0) is 16.5. The highest BCUT2D eigenvalue weighted by atomic mass is 16.6. The minimum atomic E-state index is 0.0517. The van der Waals surface area contributed by atoms with Crippen LogP contribution in [0.4, 0.5) is 0 Å². The molecular weight excluding hydrogens is 288 g/mol. The molecule has 1 saturated carbocycles. The van der Waals surface area contributed by atoms with Crippen molar-refractivity contribution < 1.29 is 14.6 Å². The average molecular weight is 314 g/mol. The quantitative estimate of drug-likeness (QED) is 0.848. The van der Waals surface area contributed by atoms with Gasteiger partial charge in [0.25, 0.3) is 0 Å². The first-order valence-corrected chi connectivity index (χ1v) is 8.41. The number of fused-ring (bicyclic) bond motifs is 1. The van der Waals surface area contributed by atoms with E-state index >= 15 is 0 Å². The summed E-state index contributed by atoms with van der Waals surface area (Å²) in [6, 6.07) is 7.63.